The van der Waals surface area contributed by atoms with Crippen LogP contribution in [0.4, 0.5) is 16.6 Å². The molecule has 0 saturated carbocycles. The lowest BCUT2D eigenvalue weighted by molar-refractivity contribution is -0.106. The maximum Gasteiger partial charge on any atom is 0.210 e. The summed E-state index contributed by atoms with van der Waals surface area (Å²) in [5.41, 5.74) is 7.60. The third kappa shape index (κ3) is 4.63. The van der Waals surface area contributed by atoms with Crippen molar-refractivity contribution < 1.29 is 4.79 Å². The number of H-pyrrole nitrogens is 1. The highest BCUT2D eigenvalue weighted by Gasteiger charge is 2.08. The number of anilines is 3. The van der Waals surface area contributed by atoms with Gasteiger partial charge >= 0.3 is 0 Å². The van der Waals surface area contributed by atoms with Gasteiger partial charge in [-0.25, -0.2) is 4.98 Å². The minimum absolute atomic E-state index is 0.139. The van der Waals surface area contributed by atoms with E-state index < -0.39 is 0 Å². The Bertz CT molecular complexity index is 1030. The zero-order chi connectivity index (χ0) is 19.1. The zero-order valence-electron chi connectivity index (χ0n) is 14.5. The number of aldehydes is 1. The second kappa shape index (κ2) is 8.83. The molecule has 0 aliphatic rings. The molecule has 4 aromatic rings. The van der Waals surface area contributed by atoms with E-state index in [1.54, 1.807) is 12.4 Å². The fraction of sp³-hybridized carbons (Fsp3) is 0.118. The topological polar surface area (TPSA) is 134 Å². The fourth-order valence-corrected chi connectivity index (χ4v) is 2.99. The van der Waals surface area contributed by atoms with Crippen LogP contribution in [0.15, 0.2) is 42.7 Å². The Morgan fingerprint density at radius 1 is 1.26 bits per heavy atom. The second-order valence-electron chi connectivity index (χ2n) is 5.29. The number of carbonyl (C=O) groups excluding carboxylic acids is 1. The van der Waals surface area contributed by atoms with E-state index in [4.69, 9.17) is 4.79 Å². The number of hydrogen-bond donors (Lipinski definition) is 4. The van der Waals surface area contributed by atoms with Crippen LogP contribution in [0.2, 0.25) is 0 Å². The first-order valence-electron chi connectivity index (χ1n) is 8.05. The summed E-state index contributed by atoms with van der Waals surface area (Å²) >= 11 is 1.50. The zero-order valence-corrected chi connectivity index (χ0v) is 15.3. The highest BCUT2D eigenvalue weighted by Crippen LogP contribution is 2.29. The van der Waals surface area contributed by atoms with Crippen LogP contribution in [0.25, 0.3) is 21.5 Å². The third-order valence-corrected chi connectivity index (χ3v) is 4.36. The number of pyridine rings is 1. The summed E-state index contributed by atoms with van der Waals surface area (Å²) in [7, 11) is 1.84. The van der Waals surface area contributed by atoms with E-state index in [1.807, 2.05) is 37.4 Å². The maximum atomic E-state index is 9.05. The van der Waals surface area contributed by atoms with Gasteiger partial charge in [0, 0.05) is 36.4 Å². The number of hydrogen-bond acceptors (Lipinski definition) is 9. The molecule has 3 aromatic heterocycles. The molecule has 10 heteroatoms. The van der Waals surface area contributed by atoms with Crippen molar-refractivity contribution in [1.29, 1.82) is 0 Å². The second-order valence-corrected chi connectivity index (χ2v) is 6.27. The highest BCUT2D eigenvalue weighted by atomic mass is 32.1. The number of rotatable bonds is 5. The molecule has 27 heavy (non-hydrogen) atoms. The average Bonchev–Trinajstić information content (AvgIpc) is 3.37. The van der Waals surface area contributed by atoms with Gasteiger partial charge in [-0.3, -0.25) is 5.10 Å². The standard InChI is InChI=1S/C15H13N7S.C2H5NO/c1-16-13-7-9(4-5-17-13)14-21-22-15(23-14)19-11-2-3-12-10(6-11)8-18-20-12;3-1-2-4/h2-8H,1H3,(H,16,17)(H,18,20)(H,19,22);2H,1,3H2. The lowest BCUT2D eigenvalue weighted by Crippen LogP contribution is -1.97. The van der Waals surface area contributed by atoms with Gasteiger partial charge in [0.05, 0.1) is 11.7 Å². The van der Waals surface area contributed by atoms with Crippen molar-refractivity contribution in [2.24, 2.45) is 5.73 Å². The molecule has 5 N–H and O–H groups in total. The number of aromatic nitrogens is 5. The van der Waals surface area contributed by atoms with Crippen LogP contribution < -0.4 is 16.4 Å². The molecule has 0 amide bonds. The molecular formula is C17H18N8OS. The molecule has 9 nitrogen and oxygen atoms in total. The first kappa shape index (κ1) is 18.4. The molecule has 0 unspecified atom stereocenters. The van der Waals surface area contributed by atoms with Gasteiger partial charge in [-0.1, -0.05) is 11.3 Å². The fourth-order valence-electron chi connectivity index (χ4n) is 2.23. The molecule has 0 aliphatic carbocycles. The lowest BCUT2D eigenvalue weighted by Gasteiger charge is -2.01. The van der Waals surface area contributed by atoms with Gasteiger partial charge in [-0.2, -0.15) is 5.10 Å². The highest BCUT2D eigenvalue weighted by molar-refractivity contribution is 7.18. The predicted molar refractivity (Wildman–Crippen MR) is 107 cm³/mol. The molecule has 138 valence electrons. The first-order chi connectivity index (χ1) is 13.2. The van der Waals surface area contributed by atoms with Crippen molar-refractivity contribution in [2.45, 2.75) is 0 Å². The predicted octanol–water partition coefficient (Wildman–Crippen LogP) is 2.41. The van der Waals surface area contributed by atoms with Gasteiger partial charge in [-0.05, 0) is 30.3 Å². The molecule has 0 radical (unpaired) electrons. The molecule has 0 fully saturated rings. The molecule has 4 rings (SSSR count). The summed E-state index contributed by atoms with van der Waals surface area (Å²) in [6.45, 7) is 0.139. The van der Waals surface area contributed by atoms with Crippen LogP contribution in [-0.4, -0.2) is 45.3 Å². The van der Waals surface area contributed by atoms with Crippen molar-refractivity contribution >= 4 is 45.2 Å². The number of aromatic amines is 1. The van der Waals surface area contributed by atoms with E-state index >= 15 is 0 Å². The van der Waals surface area contributed by atoms with Gasteiger partial charge in [0.1, 0.15) is 17.1 Å². The van der Waals surface area contributed by atoms with E-state index in [-0.39, 0.29) is 6.54 Å². The van der Waals surface area contributed by atoms with E-state index in [9.17, 15) is 0 Å². The summed E-state index contributed by atoms with van der Waals surface area (Å²) in [6.07, 6.45) is 4.20. The number of nitrogens with one attached hydrogen (secondary N) is 3. The molecule has 0 atom stereocenters. The van der Waals surface area contributed by atoms with Crippen LogP contribution in [-0.2, 0) is 4.79 Å². The molecule has 1 aromatic carbocycles. The Labute approximate surface area is 159 Å². The van der Waals surface area contributed by atoms with E-state index in [1.165, 1.54) is 11.3 Å². The summed E-state index contributed by atoms with van der Waals surface area (Å²) < 4.78 is 0. The Hall–Kier alpha value is -3.37. The number of nitrogens with zero attached hydrogens (tertiary/aromatic N) is 4. The summed E-state index contributed by atoms with van der Waals surface area (Å²) in [5, 5.41) is 24.3. The Balaban J connectivity index is 0.000000481. The largest absolute Gasteiger partial charge is 0.373 e. The maximum absolute atomic E-state index is 9.05. The normalized spacial score (nSPS) is 10.1. The van der Waals surface area contributed by atoms with Gasteiger partial charge in [0.25, 0.3) is 0 Å². The molecule has 0 spiro atoms. The van der Waals surface area contributed by atoms with Crippen molar-refractivity contribution in [3.05, 3.63) is 42.7 Å². The van der Waals surface area contributed by atoms with Crippen molar-refractivity contribution in [3.8, 4) is 10.6 Å². The van der Waals surface area contributed by atoms with Gasteiger partial charge in [-0.15, -0.1) is 10.2 Å². The van der Waals surface area contributed by atoms with E-state index in [2.05, 4.69) is 41.7 Å². The molecule has 0 aliphatic heterocycles. The van der Waals surface area contributed by atoms with Gasteiger partial charge in [0.2, 0.25) is 5.13 Å². The summed E-state index contributed by atoms with van der Waals surface area (Å²) in [4.78, 5) is 13.3. The van der Waals surface area contributed by atoms with Crippen LogP contribution in [0, 0.1) is 0 Å². The SMILES string of the molecule is CNc1cc(-c2nnc(Nc3ccc4[nH]ncc4c3)s2)ccn1.NCC=O. The van der Waals surface area contributed by atoms with Crippen molar-refractivity contribution in [2.75, 3.05) is 24.2 Å². The number of carbonyl (C=O) groups is 1. The molecule has 0 saturated heterocycles. The van der Waals surface area contributed by atoms with E-state index in [0.717, 1.165) is 38.1 Å². The monoisotopic (exact) mass is 382 g/mol. The smallest absolute Gasteiger partial charge is 0.210 e. The Morgan fingerprint density at radius 2 is 2.11 bits per heavy atom. The molecule has 0 bridgehead atoms. The number of fused-ring (bicyclic) bond motifs is 1. The van der Waals surface area contributed by atoms with Crippen molar-refractivity contribution in [1.82, 2.24) is 25.4 Å². The number of benzene rings is 1. The Kier molecular flexibility index (Phi) is 6.02. The minimum atomic E-state index is 0.139. The third-order valence-electron chi connectivity index (χ3n) is 3.48. The van der Waals surface area contributed by atoms with E-state index in [0.29, 0.717) is 6.29 Å². The van der Waals surface area contributed by atoms with Gasteiger partial charge in [0.15, 0.2) is 0 Å². The average molecular weight is 382 g/mol. The summed E-state index contributed by atoms with van der Waals surface area (Å²) in [6, 6.07) is 9.84. The van der Waals surface area contributed by atoms with Crippen LogP contribution in [0.1, 0.15) is 0 Å². The van der Waals surface area contributed by atoms with Crippen LogP contribution >= 0.6 is 11.3 Å². The summed E-state index contributed by atoms with van der Waals surface area (Å²) in [5.74, 6) is 0.803. The number of nitrogens with two attached hydrogens (primary N) is 1. The Morgan fingerprint density at radius 3 is 2.89 bits per heavy atom. The van der Waals surface area contributed by atoms with Crippen LogP contribution in [0.5, 0.6) is 0 Å². The molecular weight excluding hydrogens is 364 g/mol. The van der Waals surface area contributed by atoms with Gasteiger partial charge < -0.3 is 21.2 Å². The lowest BCUT2D eigenvalue weighted by atomic mass is 10.2. The van der Waals surface area contributed by atoms with Crippen molar-refractivity contribution in [3.63, 3.8) is 0 Å². The molecule has 3 heterocycles. The first-order valence-corrected chi connectivity index (χ1v) is 8.86. The van der Waals surface area contributed by atoms with Crippen LogP contribution in [0.3, 0.4) is 0 Å². The minimum Gasteiger partial charge on any atom is -0.373 e. The quantitative estimate of drug-likeness (QED) is 0.387.